The number of carbonyl (C=O) groups is 1. The number of aromatic nitrogens is 3. The Morgan fingerprint density at radius 3 is 2.92 bits per heavy atom. The van der Waals surface area contributed by atoms with E-state index in [9.17, 15) is 4.79 Å². The number of nitrogens with zero attached hydrogens (tertiary/aromatic N) is 4. The lowest BCUT2D eigenvalue weighted by Gasteiger charge is -2.33. The molecule has 1 amide bonds. The SMILES string of the molecule is CCc1ocnc1C(=O)N1CCC[C@H](c2nccn2CC2CCC2)C1. The molecular weight excluding hydrogens is 316 g/mol. The first-order chi connectivity index (χ1) is 12.3. The monoisotopic (exact) mass is 342 g/mol. The minimum absolute atomic E-state index is 0.00704. The molecule has 1 saturated carbocycles. The molecule has 25 heavy (non-hydrogen) atoms. The van der Waals surface area contributed by atoms with Crippen molar-refractivity contribution >= 4 is 5.91 Å². The summed E-state index contributed by atoms with van der Waals surface area (Å²) in [6, 6.07) is 0. The Hall–Kier alpha value is -2.11. The maximum Gasteiger partial charge on any atom is 0.276 e. The van der Waals surface area contributed by atoms with Gasteiger partial charge in [-0.05, 0) is 31.6 Å². The molecule has 3 heterocycles. The van der Waals surface area contributed by atoms with Crippen LogP contribution in [-0.4, -0.2) is 38.4 Å². The van der Waals surface area contributed by atoms with Crippen molar-refractivity contribution in [2.75, 3.05) is 13.1 Å². The fraction of sp³-hybridized carbons (Fsp3) is 0.632. The summed E-state index contributed by atoms with van der Waals surface area (Å²) in [6.07, 6.45) is 12.2. The summed E-state index contributed by atoms with van der Waals surface area (Å²) in [4.78, 5) is 23.6. The Labute approximate surface area is 148 Å². The predicted octanol–water partition coefficient (Wildman–Crippen LogP) is 3.25. The molecule has 0 aromatic carbocycles. The van der Waals surface area contributed by atoms with E-state index in [4.69, 9.17) is 4.42 Å². The highest BCUT2D eigenvalue weighted by Crippen LogP contribution is 2.31. The summed E-state index contributed by atoms with van der Waals surface area (Å²) in [7, 11) is 0. The van der Waals surface area contributed by atoms with E-state index in [-0.39, 0.29) is 5.91 Å². The van der Waals surface area contributed by atoms with Gasteiger partial charge in [0.05, 0.1) is 0 Å². The predicted molar refractivity (Wildman–Crippen MR) is 93.3 cm³/mol. The van der Waals surface area contributed by atoms with Crippen LogP contribution in [0, 0.1) is 5.92 Å². The van der Waals surface area contributed by atoms with Crippen LogP contribution in [-0.2, 0) is 13.0 Å². The molecule has 0 bridgehead atoms. The van der Waals surface area contributed by atoms with E-state index in [0.29, 0.717) is 23.8 Å². The molecule has 2 fully saturated rings. The first kappa shape index (κ1) is 16.4. The third-order valence-electron chi connectivity index (χ3n) is 5.67. The van der Waals surface area contributed by atoms with Gasteiger partial charge in [0.25, 0.3) is 5.91 Å². The maximum absolute atomic E-state index is 12.9. The lowest BCUT2D eigenvalue weighted by molar-refractivity contribution is 0.0695. The number of likely N-dealkylation sites (tertiary alicyclic amines) is 1. The molecule has 0 N–H and O–H groups in total. The number of rotatable bonds is 5. The molecule has 6 heteroatoms. The van der Waals surface area contributed by atoms with Crippen LogP contribution < -0.4 is 0 Å². The van der Waals surface area contributed by atoms with Crippen molar-refractivity contribution in [3.63, 3.8) is 0 Å². The lowest BCUT2D eigenvalue weighted by atomic mass is 9.85. The molecule has 2 aromatic heterocycles. The van der Waals surface area contributed by atoms with Crippen LogP contribution >= 0.6 is 0 Å². The fourth-order valence-corrected chi connectivity index (χ4v) is 4.01. The zero-order valence-electron chi connectivity index (χ0n) is 14.9. The van der Waals surface area contributed by atoms with Gasteiger partial charge in [-0.15, -0.1) is 0 Å². The van der Waals surface area contributed by atoms with Crippen LogP contribution in [0.15, 0.2) is 23.2 Å². The number of amides is 1. The first-order valence-electron chi connectivity index (χ1n) is 9.49. The molecule has 1 aliphatic carbocycles. The summed E-state index contributed by atoms with van der Waals surface area (Å²) in [5.74, 6) is 2.92. The van der Waals surface area contributed by atoms with Crippen LogP contribution in [0.1, 0.15) is 67.0 Å². The van der Waals surface area contributed by atoms with E-state index in [0.717, 1.165) is 44.2 Å². The normalized spacial score (nSPS) is 21.3. The van der Waals surface area contributed by atoms with E-state index in [1.807, 2.05) is 18.0 Å². The second-order valence-corrected chi connectivity index (χ2v) is 7.30. The summed E-state index contributed by atoms with van der Waals surface area (Å²) in [5, 5.41) is 0. The fourth-order valence-electron chi connectivity index (χ4n) is 4.01. The molecule has 1 aliphatic heterocycles. The van der Waals surface area contributed by atoms with Crippen molar-refractivity contribution in [1.82, 2.24) is 19.4 Å². The largest absolute Gasteiger partial charge is 0.448 e. The van der Waals surface area contributed by atoms with Gasteiger partial charge in [-0.3, -0.25) is 4.79 Å². The number of piperidine rings is 1. The van der Waals surface area contributed by atoms with Gasteiger partial charge in [0, 0.05) is 44.4 Å². The Morgan fingerprint density at radius 1 is 1.28 bits per heavy atom. The number of oxazole rings is 1. The van der Waals surface area contributed by atoms with Crippen molar-refractivity contribution < 1.29 is 9.21 Å². The van der Waals surface area contributed by atoms with Crippen molar-refractivity contribution in [3.05, 3.63) is 36.1 Å². The van der Waals surface area contributed by atoms with Crippen LogP contribution in [0.5, 0.6) is 0 Å². The van der Waals surface area contributed by atoms with Crippen LogP contribution in [0.4, 0.5) is 0 Å². The molecule has 2 aliphatic rings. The van der Waals surface area contributed by atoms with Gasteiger partial charge in [0.15, 0.2) is 12.1 Å². The Kier molecular flexibility index (Phi) is 4.59. The van der Waals surface area contributed by atoms with Gasteiger partial charge in [-0.1, -0.05) is 13.3 Å². The van der Waals surface area contributed by atoms with Crippen molar-refractivity contribution in [2.45, 2.75) is 57.9 Å². The van der Waals surface area contributed by atoms with Crippen LogP contribution in [0.3, 0.4) is 0 Å². The quantitative estimate of drug-likeness (QED) is 0.837. The average Bonchev–Trinajstić information content (AvgIpc) is 3.26. The number of aryl methyl sites for hydroxylation is 1. The van der Waals surface area contributed by atoms with Gasteiger partial charge in [-0.25, -0.2) is 9.97 Å². The third-order valence-corrected chi connectivity index (χ3v) is 5.67. The van der Waals surface area contributed by atoms with Crippen molar-refractivity contribution in [1.29, 1.82) is 0 Å². The highest BCUT2D eigenvalue weighted by atomic mass is 16.3. The van der Waals surface area contributed by atoms with Gasteiger partial charge in [-0.2, -0.15) is 0 Å². The second kappa shape index (κ2) is 7.02. The van der Waals surface area contributed by atoms with Crippen molar-refractivity contribution in [2.24, 2.45) is 5.92 Å². The summed E-state index contributed by atoms with van der Waals surface area (Å²) < 4.78 is 7.65. The van der Waals surface area contributed by atoms with Crippen molar-refractivity contribution in [3.8, 4) is 0 Å². The molecule has 0 spiro atoms. The number of imidazole rings is 1. The highest BCUT2D eigenvalue weighted by Gasteiger charge is 2.30. The molecule has 6 nitrogen and oxygen atoms in total. The van der Waals surface area contributed by atoms with Gasteiger partial charge in [0.1, 0.15) is 11.6 Å². The molecule has 1 saturated heterocycles. The van der Waals surface area contributed by atoms with Gasteiger partial charge in [0.2, 0.25) is 0 Å². The molecule has 134 valence electrons. The van der Waals surface area contributed by atoms with E-state index < -0.39 is 0 Å². The smallest absolute Gasteiger partial charge is 0.276 e. The Morgan fingerprint density at radius 2 is 2.16 bits per heavy atom. The summed E-state index contributed by atoms with van der Waals surface area (Å²) >= 11 is 0. The molecule has 1 atom stereocenters. The van der Waals surface area contributed by atoms with Gasteiger partial charge >= 0.3 is 0 Å². The van der Waals surface area contributed by atoms with E-state index in [2.05, 4.69) is 20.7 Å². The number of hydrogen-bond acceptors (Lipinski definition) is 4. The first-order valence-corrected chi connectivity index (χ1v) is 9.49. The molecule has 0 radical (unpaired) electrons. The molecular formula is C19H26N4O2. The molecule has 4 rings (SSSR count). The van der Waals surface area contributed by atoms with E-state index in [1.165, 1.54) is 25.7 Å². The minimum atomic E-state index is -0.00704. The third kappa shape index (κ3) is 3.22. The lowest BCUT2D eigenvalue weighted by Crippen LogP contribution is -2.40. The van der Waals surface area contributed by atoms with E-state index >= 15 is 0 Å². The standard InChI is InChI=1S/C19H26N4O2/c1-2-16-17(21-13-25-16)19(24)23-9-4-7-15(12-23)18-20-8-10-22(18)11-14-5-3-6-14/h8,10,13-15H,2-7,9,11-12H2,1H3/t15-/m0/s1. The Balaban J connectivity index is 1.48. The number of carbonyl (C=O) groups excluding carboxylic acids is 1. The van der Waals surface area contributed by atoms with Crippen LogP contribution in [0.25, 0.3) is 0 Å². The number of hydrogen-bond donors (Lipinski definition) is 0. The molecule has 0 unspecified atom stereocenters. The van der Waals surface area contributed by atoms with Gasteiger partial charge < -0.3 is 13.9 Å². The second-order valence-electron chi connectivity index (χ2n) is 7.30. The summed E-state index contributed by atoms with van der Waals surface area (Å²) in [6.45, 7) is 4.56. The van der Waals surface area contributed by atoms with E-state index in [1.54, 1.807) is 0 Å². The average molecular weight is 342 g/mol. The Bertz CT molecular complexity index is 731. The molecule has 2 aromatic rings. The topological polar surface area (TPSA) is 64.2 Å². The minimum Gasteiger partial charge on any atom is -0.448 e. The summed E-state index contributed by atoms with van der Waals surface area (Å²) in [5.41, 5.74) is 0.473. The maximum atomic E-state index is 12.9. The highest BCUT2D eigenvalue weighted by molar-refractivity contribution is 5.93. The zero-order chi connectivity index (χ0) is 17.2. The van der Waals surface area contributed by atoms with Crippen LogP contribution in [0.2, 0.25) is 0 Å². The zero-order valence-corrected chi connectivity index (χ0v) is 14.9.